The number of unbranched alkanes of at least 4 members (excludes halogenated alkanes) is 1. The molecule has 0 aliphatic heterocycles. The van der Waals surface area contributed by atoms with Crippen molar-refractivity contribution < 1.29 is 13.2 Å². The highest BCUT2D eigenvalue weighted by Gasteiger charge is 2.12. The highest BCUT2D eigenvalue weighted by molar-refractivity contribution is 7.90. The van der Waals surface area contributed by atoms with Crippen molar-refractivity contribution in [1.29, 1.82) is 0 Å². The number of nitrogens with one attached hydrogen (secondary N) is 1. The Bertz CT molecular complexity index is 538. The van der Waals surface area contributed by atoms with E-state index in [0.29, 0.717) is 13.0 Å². The second-order valence-electron chi connectivity index (χ2n) is 4.88. The lowest BCUT2D eigenvalue weighted by atomic mass is 10.1. The second kappa shape index (κ2) is 7.40. The third-order valence-electron chi connectivity index (χ3n) is 3.02. The molecule has 0 heterocycles. The summed E-state index contributed by atoms with van der Waals surface area (Å²) in [5.41, 5.74) is 6.60. The standard InChI is InChI=1S/C14H22N2O3S/c1-3-4-5-13(15)14(17)16-10-11-6-8-12(9-7-11)20(2,18)19/h6-9,13H,3-5,10,15H2,1-2H3,(H,16,17). The highest BCUT2D eigenvalue weighted by Crippen LogP contribution is 2.10. The Hall–Kier alpha value is -1.40. The first-order valence-electron chi connectivity index (χ1n) is 6.67. The number of sulfone groups is 1. The fourth-order valence-electron chi connectivity index (χ4n) is 1.73. The maximum Gasteiger partial charge on any atom is 0.237 e. The molecule has 0 saturated carbocycles. The zero-order chi connectivity index (χ0) is 15.2. The summed E-state index contributed by atoms with van der Waals surface area (Å²) in [6, 6.07) is 5.97. The van der Waals surface area contributed by atoms with Crippen LogP contribution < -0.4 is 11.1 Å². The van der Waals surface area contributed by atoms with E-state index in [-0.39, 0.29) is 10.8 Å². The van der Waals surface area contributed by atoms with Crippen molar-refractivity contribution in [3.05, 3.63) is 29.8 Å². The molecule has 1 atom stereocenters. The van der Waals surface area contributed by atoms with Gasteiger partial charge < -0.3 is 11.1 Å². The van der Waals surface area contributed by atoms with E-state index < -0.39 is 15.9 Å². The Morgan fingerprint density at radius 3 is 2.40 bits per heavy atom. The summed E-state index contributed by atoms with van der Waals surface area (Å²) in [7, 11) is -3.18. The van der Waals surface area contributed by atoms with Gasteiger partial charge in [-0.3, -0.25) is 4.79 Å². The summed E-state index contributed by atoms with van der Waals surface area (Å²) in [5.74, 6) is -0.175. The minimum absolute atomic E-state index is 0.175. The molecule has 5 nitrogen and oxygen atoms in total. The van der Waals surface area contributed by atoms with Gasteiger partial charge in [-0.25, -0.2) is 8.42 Å². The number of carbonyl (C=O) groups excluding carboxylic acids is 1. The van der Waals surface area contributed by atoms with Crippen LogP contribution in [0.5, 0.6) is 0 Å². The van der Waals surface area contributed by atoms with Crippen molar-refractivity contribution in [2.24, 2.45) is 5.73 Å². The number of amides is 1. The first kappa shape index (κ1) is 16.7. The third kappa shape index (κ3) is 5.30. The topological polar surface area (TPSA) is 89.3 Å². The van der Waals surface area contributed by atoms with E-state index in [4.69, 9.17) is 5.73 Å². The van der Waals surface area contributed by atoms with Crippen LogP contribution in [0, 0.1) is 0 Å². The molecule has 0 saturated heterocycles. The van der Waals surface area contributed by atoms with Gasteiger partial charge in [0.05, 0.1) is 10.9 Å². The smallest absolute Gasteiger partial charge is 0.237 e. The van der Waals surface area contributed by atoms with E-state index >= 15 is 0 Å². The molecule has 6 heteroatoms. The van der Waals surface area contributed by atoms with Crippen LogP contribution >= 0.6 is 0 Å². The van der Waals surface area contributed by atoms with Crippen molar-refractivity contribution >= 4 is 15.7 Å². The van der Waals surface area contributed by atoms with Crippen molar-refractivity contribution in [1.82, 2.24) is 5.32 Å². The van der Waals surface area contributed by atoms with Gasteiger partial charge in [0.15, 0.2) is 9.84 Å². The van der Waals surface area contributed by atoms with Gasteiger partial charge in [-0.1, -0.05) is 31.9 Å². The van der Waals surface area contributed by atoms with Crippen molar-refractivity contribution in [2.45, 2.75) is 43.7 Å². The summed E-state index contributed by atoms with van der Waals surface area (Å²) in [6.45, 7) is 2.40. The average Bonchev–Trinajstić information content (AvgIpc) is 2.41. The summed E-state index contributed by atoms with van der Waals surface area (Å²) >= 11 is 0. The van der Waals surface area contributed by atoms with Crippen LogP contribution in [-0.2, 0) is 21.2 Å². The van der Waals surface area contributed by atoms with Crippen LogP contribution in [0.1, 0.15) is 31.7 Å². The van der Waals surface area contributed by atoms with Gasteiger partial charge in [-0.05, 0) is 24.1 Å². The van der Waals surface area contributed by atoms with E-state index in [1.807, 2.05) is 6.92 Å². The lowest BCUT2D eigenvalue weighted by molar-refractivity contribution is -0.122. The normalized spacial score (nSPS) is 12.9. The largest absolute Gasteiger partial charge is 0.351 e. The molecule has 1 rings (SSSR count). The summed E-state index contributed by atoms with van der Waals surface area (Å²) < 4.78 is 22.6. The number of rotatable bonds is 7. The molecule has 0 spiro atoms. The Kier molecular flexibility index (Phi) is 6.16. The molecule has 0 aromatic heterocycles. The maximum absolute atomic E-state index is 11.7. The quantitative estimate of drug-likeness (QED) is 0.792. The highest BCUT2D eigenvalue weighted by atomic mass is 32.2. The monoisotopic (exact) mass is 298 g/mol. The van der Waals surface area contributed by atoms with Crippen LogP contribution in [0.25, 0.3) is 0 Å². The van der Waals surface area contributed by atoms with Crippen LogP contribution in [0.4, 0.5) is 0 Å². The van der Waals surface area contributed by atoms with E-state index in [9.17, 15) is 13.2 Å². The number of carbonyl (C=O) groups is 1. The summed E-state index contributed by atoms with van der Waals surface area (Å²) in [5, 5.41) is 2.75. The second-order valence-corrected chi connectivity index (χ2v) is 6.90. The van der Waals surface area contributed by atoms with Crippen LogP contribution in [-0.4, -0.2) is 26.6 Å². The predicted octanol–water partition coefficient (Wildman–Crippen LogP) is 1.22. The first-order chi connectivity index (χ1) is 9.34. The molecule has 3 N–H and O–H groups in total. The minimum Gasteiger partial charge on any atom is -0.351 e. The number of hydrogen-bond acceptors (Lipinski definition) is 4. The van der Waals surface area contributed by atoms with Crippen molar-refractivity contribution in [3.63, 3.8) is 0 Å². The van der Waals surface area contributed by atoms with Crippen molar-refractivity contribution in [3.8, 4) is 0 Å². The van der Waals surface area contributed by atoms with Crippen LogP contribution in [0.3, 0.4) is 0 Å². The van der Waals surface area contributed by atoms with Gasteiger partial charge in [0.2, 0.25) is 5.91 Å². The molecule has 1 unspecified atom stereocenters. The Morgan fingerprint density at radius 2 is 1.90 bits per heavy atom. The number of nitrogens with two attached hydrogens (primary N) is 1. The molecule has 20 heavy (non-hydrogen) atoms. The van der Waals surface area contributed by atoms with Gasteiger partial charge in [0.1, 0.15) is 0 Å². The Labute approximate surface area is 120 Å². The van der Waals surface area contributed by atoms with Crippen molar-refractivity contribution in [2.75, 3.05) is 6.26 Å². The molecule has 0 aliphatic rings. The first-order valence-corrected chi connectivity index (χ1v) is 8.56. The van der Waals surface area contributed by atoms with Crippen LogP contribution in [0.2, 0.25) is 0 Å². The molecule has 0 aliphatic carbocycles. The SMILES string of the molecule is CCCCC(N)C(=O)NCc1ccc(S(C)(=O)=O)cc1. The van der Waals surface area contributed by atoms with Gasteiger partial charge >= 0.3 is 0 Å². The molecule has 1 amide bonds. The lowest BCUT2D eigenvalue weighted by Crippen LogP contribution is -2.40. The summed E-state index contributed by atoms with van der Waals surface area (Å²) in [6.07, 6.45) is 3.78. The average molecular weight is 298 g/mol. The van der Waals surface area contributed by atoms with Gasteiger partial charge in [0.25, 0.3) is 0 Å². The molecule has 0 bridgehead atoms. The van der Waals surface area contributed by atoms with E-state index in [1.54, 1.807) is 12.1 Å². The molecular weight excluding hydrogens is 276 g/mol. The van der Waals surface area contributed by atoms with Crippen LogP contribution in [0.15, 0.2) is 29.2 Å². The van der Waals surface area contributed by atoms with E-state index in [2.05, 4.69) is 5.32 Å². The van der Waals surface area contributed by atoms with Gasteiger partial charge in [0, 0.05) is 12.8 Å². The number of hydrogen-bond donors (Lipinski definition) is 2. The van der Waals surface area contributed by atoms with E-state index in [1.165, 1.54) is 12.1 Å². The predicted molar refractivity (Wildman–Crippen MR) is 78.9 cm³/mol. The zero-order valence-electron chi connectivity index (χ0n) is 11.9. The molecule has 112 valence electrons. The van der Waals surface area contributed by atoms with Gasteiger partial charge in [-0.15, -0.1) is 0 Å². The Morgan fingerprint density at radius 1 is 1.30 bits per heavy atom. The maximum atomic E-state index is 11.7. The fraction of sp³-hybridized carbons (Fsp3) is 0.500. The van der Waals surface area contributed by atoms with E-state index in [0.717, 1.165) is 24.7 Å². The third-order valence-corrected chi connectivity index (χ3v) is 4.15. The Balaban J connectivity index is 2.52. The zero-order valence-corrected chi connectivity index (χ0v) is 12.7. The molecular formula is C14H22N2O3S. The summed E-state index contributed by atoms with van der Waals surface area (Å²) in [4.78, 5) is 12.0. The number of benzene rings is 1. The van der Waals surface area contributed by atoms with Gasteiger partial charge in [-0.2, -0.15) is 0 Å². The minimum atomic E-state index is -3.18. The molecule has 0 fully saturated rings. The molecule has 0 radical (unpaired) electrons. The molecule has 1 aromatic rings. The molecule has 1 aromatic carbocycles. The fourth-order valence-corrected chi connectivity index (χ4v) is 2.36. The lowest BCUT2D eigenvalue weighted by Gasteiger charge is -2.11.